The van der Waals surface area contributed by atoms with Gasteiger partial charge in [-0.05, 0) is 43.0 Å². The third-order valence-electron chi connectivity index (χ3n) is 3.82. The van der Waals surface area contributed by atoms with Crippen molar-refractivity contribution >= 4 is 0 Å². The highest BCUT2D eigenvalue weighted by Crippen LogP contribution is 2.12. The van der Waals surface area contributed by atoms with Crippen LogP contribution < -0.4 is 0 Å². The molecule has 22 heavy (non-hydrogen) atoms. The molecule has 2 aromatic carbocycles. The van der Waals surface area contributed by atoms with Crippen LogP contribution in [0.2, 0.25) is 0 Å². The third kappa shape index (κ3) is 8.51. The molecule has 0 saturated carbocycles. The van der Waals surface area contributed by atoms with Gasteiger partial charge in [-0.25, -0.2) is 0 Å². The molecule has 0 aliphatic heterocycles. The summed E-state index contributed by atoms with van der Waals surface area (Å²) in [7, 11) is 0. The summed E-state index contributed by atoms with van der Waals surface area (Å²) >= 11 is 0. The Bertz CT molecular complexity index is 490. The van der Waals surface area contributed by atoms with Crippen molar-refractivity contribution in [3.05, 3.63) is 65.7 Å². The highest BCUT2D eigenvalue weighted by molar-refractivity contribution is 5.25. The van der Waals surface area contributed by atoms with Crippen LogP contribution in [0, 0.1) is 6.92 Å². The molecule has 0 atom stereocenters. The van der Waals surface area contributed by atoms with Crippen molar-refractivity contribution in [1.29, 1.82) is 0 Å². The zero-order chi connectivity index (χ0) is 16.0. The van der Waals surface area contributed by atoms with Crippen molar-refractivity contribution in [1.82, 2.24) is 0 Å². The molecule has 0 amide bonds. The van der Waals surface area contributed by atoms with Gasteiger partial charge in [-0.1, -0.05) is 81.5 Å². The van der Waals surface area contributed by atoms with Gasteiger partial charge in [0, 0.05) is 0 Å². The smallest absolute Gasteiger partial charge is 0.115 e. The first-order chi connectivity index (χ1) is 10.7. The molecule has 0 fully saturated rings. The Morgan fingerprint density at radius 1 is 0.727 bits per heavy atom. The van der Waals surface area contributed by atoms with Crippen molar-refractivity contribution in [2.75, 3.05) is 0 Å². The maximum absolute atomic E-state index is 8.63. The Hall–Kier alpha value is -1.76. The molecule has 0 radical (unpaired) electrons. The molecule has 0 spiro atoms. The monoisotopic (exact) mass is 298 g/mol. The molecular formula is C21H30O. The first-order valence-electron chi connectivity index (χ1n) is 8.52. The SMILES string of the molecule is CCCCCCCCc1ccccc1C.Oc1ccccc1. The standard InChI is InChI=1S/C15H24.C6H6O/c1-3-4-5-6-7-8-12-15-13-10-9-11-14(15)2;7-6-4-2-1-3-5-6/h9-11,13H,3-8,12H2,1-2H3;1-5,7H. The number of hydrogen-bond donors (Lipinski definition) is 1. The summed E-state index contributed by atoms with van der Waals surface area (Å²) in [6.07, 6.45) is 9.61. The second kappa shape index (κ2) is 11.9. The third-order valence-corrected chi connectivity index (χ3v) is 3.82. The summed E-state index contributed by atoms with van der Waals surface area (Å²) in [5, 5.41) is 8.63. The van der Waals surface area contributed by atoms with Gasteiger partial charge in [-0.2, -0.15) is 0 Å². The van der Waals surface area contributed by atoms with E-state index in [4.69, 9.17) is 5.11 Å². The highest BCUT2D eigenvalue weighted by Gasteiger charge is 1.96. The summed E-state index contributed by atoms with van der Waals surface area (Å²) in [6, 6.07) is 17.5. The number of phenols is 1. The Kier molecular flexibility index (Phi) is 9.85. The van der Waals surface area contributed by atoms with Gasteiger partial charge in [-0.3, -0.25) is 0 Å². The van der Waals surface area contributed by atoms with E-state index in [1.807, 2.05) is 6.07 Å². The minimum Gasteiger partial charge on any atom is -0.508 e. The summed E-state index contributed by atoms with van der Waals surface area (Å²) in [5.74, 6) is 0.322. The molecule has 0 heterocycles. The Morgan fingerprint density at radius 3 is 1.91 bits per heavy atom. The Labute approximate surface area is 136 Å². The molecule has 2 aromatic rings. The zero-order valence-corrected chi connectivity index (χ0v) is 14.1. The quantitative estimate of drug-likeness (QED) is 0.595. The van der Waals surface area contributed by atoms with Crippen molar-refractivity contribution in [3.8, 4) is 5.75 Å². The summed E-state index contributed by atoms with van der Waals surface area (Å²) in [6.45, 7) is 4.49. The average Bonchev–Trinajstić information content (AvgIpc) is 2.54. The molecule has 0 aliphatic rings. The van der Waals surface area contributed by atoms with E-state index in [1.165, 1.54) is 56.1 Å². The van der Waals surface area contributed by atoms with Crippen LogP contribution in [-0.4, -0.2) is 5.11 Å². The second-order valence-corrected chi connectivity index (χ2v) is 5.78. The predicted molar refractivity (Wildman–Crippen MR) is 96.4 cm³/mol. The lowest BCUT2D eigenvalue weighted by molar-refractivity contribution is 0.475. The molecule has 0 unspecified atom stereocenters. The molecule has 1 nitrogen and oxygen atoms in total. The van der Waals surface area contributed by atoms with E-state index in [-0.39, 0.29) is 0 Å². The topological polar surface area (TPSA) is 20.2 Å². The first-order valence-corrected chi connectivity index (χ1v) is 8.52. The number of unbranched alkanes of at least 4 members (excludes halogenated alkanes) is 5. The van der Waals surface area contributed by atoms with E-state index in [0.717, 1.165) is 0 Å². The van der Waals surface area contributed by atoms with Gasteiger partial charge in [0.1, 0.15) is 5.75 Å². The second-order valence-electron chi connectivity index (χ2n) is 5.78. The number of aromatic hydroxyl groups is 1. The average molecular weight is 298 g/mol. The number of phenolic OH excluding ortho intramolecular Hbond substituents is 1. The molecule has 0 aliphatic carbocycles. The fraction of sp³-hybridized carbons (Fsp3) is 0.429. The van der Waals surface area contributed by atoms with Crippen LogP contribution in [-0.2, 0) is 6.42 Å². The van der Waals surface area contributed by atoms with Crippen LogP contribution in [0.1, 0.15) is 56.6 Å². The number of hydrogen-bond acceptors (Lipinski definition) is 1. The van der Waals surface area contributed by atoms with E-state index in [1.54, 1.807) is 24.3 Å². The maximum Gasteiger partial charge on any atom is 0.115 e. The highest BCUT2D eigenvalue weighted by atomic mass is 16.3. The molecule has 0 saturated heterocycles. The van der Waals surface area contributed by atoms with Gasteiger partial charge >= 0.3 is 0 Å². The molecule has 1 N–H and O–H groups in total. The molecule has 2 rings (SSSR count). The van der Waals surface area contributed by atoms with Gasteiger partial charge < -0.3 is 5.11 Å². The molecule has 120 valence electrons. The van der Waals surface area contributed by atoms with Crippen LogP contribution in [0.3, 0.4) is 0 Å². The van der Waals surface area contributed by atoms with Crippen molar-refractivity contribution in [2.45, 2.75) is 58.8 Å². The number of aryl methyl sites for hydroxylation is 2. The fourth-order valence-electron chi connectivity index (χ4n) is 2.41. The molecule has 1 heteroatoms. The lowest BCUT2D eigenvalue weighted by Crippen LogP contribution is -1.89. The summed E-state index contributed by atoms with van der Waals surface area (Å²) in [4.78, 5) is 0. The minimum absolute atomic E-state index is 0.322. The normalized spacial score (nSPS) is 9.91. The van der Waals surface area contributed by atoms with Gasteiger partial charge in [0.25, 0.3) is 0 Å². The van der Waals surface area contributed by atoms with Crippen molar-refractivity contribution < 1.29 is 5.11 Å². The number of benzene rings is 2. The van der Waals surface area contributed by atoms with Gasteiger partial charge in [-0.15, -0.1) is 0 Å². The Balaban J connectivity index is 0.000000287. The lowest BCUT2D eigenvalue weighted by Gasteiger charge is -2.05. The van der Waals surface area contributed by atoms with E-state index < -0.39 is 0 Å². The molecule has 0 bridgehead atoms. The molecular weight excluding hydrogens is 268 g/mol. The predicted octanol–water partition coefficient (Wildman–Crippen LogP) is 6.29. The zero-order valence-electron chi connectivity index (χ0n) is 14.1. The summed E-state index contributed by atoms with van der Waals surface area (Å²) < 4.78 is 0. The summed E-state index contributed by atoms with van der Waals surface area (Å²) in [5.41, 5.74) is 2.99. The van der Waals surface area contributed by atoms with Crippen molar-refractivity contribution in [2.24, 2.45) is 0 Å². The van der Waals surface area contributed by atoms with E-state index in [0.29, 0.717) is 5.75 Å². The van der Waals surface area contributed by atoms with Gasteiger partial charge in [0.2, 0.25) is 0 Å². The van der Waals surface area contributed by atoms with E-state index in [2.05, 4.69) is 38.1 Å². The fourth-order valence-corrected chi connectivity index (χ4v) is 2.41. The van der Waals surface area contributed by atoms with Crippen LogP contribution in [0.5, 0.6) is 5.75 Å². The number of rotatable bonds is 7. The van der Waals surface area contributed by atoms with Crippen LogP contribution in [0.15, 0.2) is 54.6 Å². The largest absolute Gasteiger partial charge is 0.508 e. The maximum atomic E-state index is 8.63. The van der Waals surface area contributed by atoms with Crippen LogP contribution in [0.4, 0.5) is 0 Å². The lowest BCUT2D eigenvalue weighted by atomic mass is 10.0. The minimum atomic E-state index is 0.322. The van der Waals surface area contributed by atoms with Gasteiger partial charge in [0.15, 0.2) is 0 Å². The first kappa shape index (κ1) is 18.3. The van der Waals surface area contributed by atoms with Crippen molar-refractivity contribution in [3.63, 3.8) is 0 Å². The van der Waals surface area contributed by atoms with Crippen LogP contribution >= 0.6 is 0 Å². The van der Waals surface area contributed by atoms with E-state index in [9.17, 15) is 0 Å². The number of para-hydroxylation sites is 1. The van der Waals surface area contributed by atoms with E-state index >= 15 is 0 Å². The molecule has 0 aromatic heterocycles. The van der Waals surface area contributed by atoms with Crippen LogP contribution in [0.25, 0.3) is 0 Å². The Morgan fingerprint density at radius 2 is 1.32 bits per heavy atom. The van der Waals surface area contributed by atoms with Gasteiger partial charge in [0.05, 0.1) is 0 Å².